The fourth-order valence-corrected chi connectivity index (χ4v) is 4.49. The molecule has 2 heterocycles. The molecule has 4 nitrogen and oxygen atoms in total. The lowest BCUT2D eigenvalue weighted by Crippen LogP contribution is -2.17. The standard InChI is InChI=1S/C14H16O4S/c15-14(12-5-7-19(16,17)9-12)11-3-4-13-10(8-11)2-1-6-18-13/h3-4,8,12H,1-2,5-7,9H2. The van der Waals surface area contributed by atoms with Gasteiger partial charge in [-0.05, 0) is 43.0 Å². The average molecular weight is 280 g/mol. The molecule has 1 unspecified atom stereocenters. The third-order valence-electron chi connectivity index (χ3n) is 3.80. The van der Waals surface area contributed by atoms with Crippen LogP contribution in [0.3, 0.4) is 0 Å². The Morgan fingerprint density at radius 2 is 2.16 bits per heavy atom. The zero-order valence-electron chi connectivity index (χ0n) is 10.6. The van der Waals surface area contributed by atoms with Gasteiger partial charge in [-0.3, -0.25) is 4.79 Å². The Hall–Kier alpha value is -1.36. The Morgan fingerprint density at radius 3 is 2.89 bits per heavy atom. The lowest BCUT2D eigenvalue weighted by Gasteiger charge is -2.18. The molecule has 0 bridgehead atoms. The van der Waals surface area contributed by atoms with Crippen molar-refractivity contribution in [3.8, 4) is 5.75 Å². The first-order valence-electron chi connectivity index (χ1n) is 6.55. The number of benzene rings is 1. The van der Waals surface area contributed by atoms with Crippen molar-refractivity contribution < 1.29 is 17.9 Å². The highest BCUT2D eigenvalue weighted by atomic mass is 32.2. The van der Waals surface area contributed by atoms with Crippen molar-refractivity contribution in [1.29, 1.82) is 0 Å². The van der Waals surface area contributed by atoms with E-state index in [0.29, 0.717) is 12.0 Å². The molecule has 1 aromatic carbocycles. The van der Waals surface area contributed by atoms with Crippen LogP contribution in [0, 0.1) is 5.92 Å². The molecule has 1 aromatic rings. The number of aryl methyl sites for hydroxylation is 1. The van der Waals surface area contributed by atoms with Gasteiger partial charge in [-0.15, -0.1) is 0 Å². The summed E-state index contributed by atoms with van der Waals surface area (Å²) in [6.07, 6.45) is 2.33. The van der Waals surface area contributed by atoms with Gasteiger partial charge in [0.2, 0.25) is 0 Å². The van der Waals surface area contributed by atoms with E-state index in [1.807, 2.05) is 12.1 Å². The van der Waals surface area contributed by atoms with Crippen LogP contribution in [0.1, 0.15) is 28.8 Å². The van der Waals surface area contributed by atoms with Gasteiger partial charge < -0.3 is 4.74 Å². The molecule has 5 heteroatoms. The molecule has 0 aromatic heterocycles. The number of rotatable bonds is 2. The second-order valence-corrected chi connectivity index (χ2v) is 7.47. The van der Waals surface area contributed by atoms with Crippen LogP contribution in [0.4, 0.5) is 0 Å². The van der Waals surface area contributed by atoms with Gasteiger partial charge in [-0.2, -0.15) is 0 Å². The van der Waals surface area contributed by atoms with Crippen LogP contribution in [0.25, 0.3) is 0 Å². The van der Waals surface area contributed by atoms with Crippen LogP contribution in [-0.4, -0.2) is 32.3 Å². The van der Waals surface area contributed by atoms with E-state index >= 15 is 0 Å². The van der Waals surface area contributed by atoms with Gasteiger partial charge in [-0.25, -0.2) is 8.42 Å². The first-order chi connectivity index (χ1) is 9.05. The first-order valence-corrected chi connectivity index (χ1v) is 8.38. The van der Waals surface area contributed by atoms with Crippen molar-refractivity contribution in [2.45, 2.75) is 19.3 Å². The highest BCUT2D eigenvalue weighted by molar-refractivity contribution is 7.91. The fourth-order valence-electron chi connectivity index (χ4n) is 2.75. The minimum absolute atomic E-state index is 0.000577. The molecule has 1 atom stereocenters. The predicted octanol–water partition coefficient (Wildman–Crippen LogP) is 1.63. The molecular weight excluding hydrogens is 264 g/mol. The van der Waals surface area contributed by atoms with Crippen LogP contribution in [0.15, 0.2) is 18.2 Å². The number of carbonyl (C=O) groups excluding carboxylic acids is 1. The van der Waals surface area contributed by atoms with Crippen molar-refractivity contribution in [2.24, 2.45) is 5.92 Å². The Balaban J connectivity index is 1.84. The minimum atomic E-state index is -3.01. The Bertz CT molecular complexity index is 618. The summed E-state index contributed by atoms with van der Waals surface area (Å²) in [5.74, 6) is 0.570. The predicted molar refractivity (Wildman–Crippen MR) is 71.3 cm³/mol. The summed E-state index contributed by atoms with van der Waals surface area (Å²) in [4.78, 5) is 12.3. The summed E-state index contributed by atoms with van der Waals surface area (Å²) < 4.78 is 28.4. The van der Waals surface area contributed by atoms with Crippen molar-refractivity contribution in [3.63, 3.8) is 0 Å². The van der Waals surface area contributed by atoms with Gasteiger partial charge in [0.05, 0.1) is 18.1 Å². The molecule has 0 amide bonds. The average Bonchev–Trinajstić information content (AvgIpc) is 2.78. The van der Waals surface area contributed by atoms with Crippen LogP contribution in [0.2, 0.25) is 0 Å². The number of hydrogen-bond donors (Lipinski definition) is 0. The van der Waals surface area contributed by atoms with Gasteiger partial charge in [0.15, 0.2) is 15.6 Å². The summed E-state index contributed by atoms with van der Waals surface area (Å²) in [5.41, 5.74) is 1.67. The number of hydrogen-bond acceptors (Lipinski definition) is 4. The van der Waals surface area contributed by atoms with Crippen LogP contribution >= 0.6 is 0 Å². The van der Waals surface area contributed by atoms with E-state index in [4.69, 9.17) is 4.74 Å². The molecule has 1 fully saturated rings. The highest BCUT2D eigenvalue weighted by Gasteiger charge is 2.33. The molecule has 19 heavy (non-hydrogen) atoms. The van der Waals surface area contributed by atoms with E-state index in [1.165, 1.54) is 0 Å². The summed E-state index contributed by atoms with van der Waals surface area (Å²) in [5, 5.41) is 0. The monoisotopic (exact) mass is 280 g/mol. The third-order valence-corrected chi connectivity index (χ3v) is 5.56. The first kappa shape index (κ1) is 12.7. The molecule has 0 N–H and O–H groups in total. The Labute approximate surface area is 112 Å². The molecular formula is C14H16O4S. The van der Waals surface area contributed by atoms with E-state index in [0.717, 1.165) is 30.8 Å². The van der Waals surface area contributed by atoms with E-state index in [-0.39, 0.29) is 23.2 Å². The van der Waals surface area contributed by atoms with Crippen LogP contribution in [-0.2, 0) is 16.3 Å². The normalized spacial score (nSPS) is 24.5. The fraction of sp³-hybridized carbons (Fsp3) is 0.500. The summed E-state index contributed by atoms with van der Waals surface area (Å²) in [6, 6.07) is 5.43. The van der Waals surface area contributed by atoms with Gasteiger partial charge in [-0.1, -0.05) is 0 Å². The highest BCUT2D eigenvalue weighted by Crippen LogP contribution is 2.28. The maximum absolute atomic E-state index is 12.3. The van der Waals surface area contributed by atoms with E-state index in [9.17, 15) is 13.2 Å². The second-order valence-electron chi connectivity index (χ2n) is 5.24. The quantitative estimate of drug-likeness (QED) is 0.773. The lowest BCUT2D eigenvalue weighted by molar-refractivity contribution is 0.0933. The van der Waals surface area contributed by atoms with Crippen LogP contribution < -0.4 is 4.74 Å². The zero-order valence-corrected chi connectivity index (χ0v) is 11.4. The maximum atomic E-state index is 12.3. The number of Topliss-reactive ketones (excluding diaryl/α,β-unsaturated/α-hetero) is 1. The van der Waals surface area contributed by atoms with Crippen molar-refractivity contribution in [3.05, 3.63) is 29.3 Å². The molecule has 3 rings (SSSR count). The van der Waals surface area contributed by atoms with E-state index in [1.54, 1.807) is 6.07 Å². The smallest absolute Gasteiger partial charge is 0.167 e. The zero-order chi connectivity index (χ0) is 13.5. The number of fused-ring (bicyclic) bond motifs is 1. The molecule has 0 aliphatic carbocycles. The molecule has 1 saturated heterocycles. The molecule has 0 saturated carbocycles. The summed E-state index contributed by atoms with van der Waals surface area (Å²) in [6.45, 7) is 0.723. The second kappa shape index (κ2) is 4.63. The lowest BCUT2D eigenvalue weighted by atomic mass is 9.94. The molecule has 2 aliphatic rings. The van der Waals surface area contributed by atoms with Gasteiger partial charge >= 0.3 is 0 Å². The largest absolute Gasteiger partial charge is 0.493 e. The van der Waals surface area contributed by atoms with E-state index < -0.39 is 9.84 Å². The third kappa shape index (κ3) is 2.52. The number of ketones is 1. The van der Waals surface area contributed by atoms with Gasteiger partial charge in [0.1, 0.15) is 5.75 Å². The molecule has 0 radical (unpaired) electrons. The minimum Gasteiger partial charge on any atom is -0.493 e. The van der Waals surface area contributed by atoms with E-state index in [2.05, 4.69) is 0 Å². The number of carbonyl (C=O) groups is 1. The summed E-state index contributed by atoms with van der Waals surface area (Å²) >= 11 is 0. The van der Waals surface area contributed by atoms with Crippen LogP contribution in [0.5, 0.6) is 5.75 Å². The van der Waals surface area contributed by atoms with Crippen molar-refractivity contribution in [1.82, 2.24) is 0 Å². The van der Waals surface area contributed by atoms with Gasteiger partial charge in [0, 0.05) is 11.5 Å². The SMILES string of the molecule is O=C(c1ccc2c(c1)CCCO2)C1CCS(=O)(=O)C1. The number of ether oxygens (including phenoxy) is 1. The maximum Gasteiger partial charge on any atom is 0.167 e. The molecule has 0 spiro atoms. The number of sulfone groups is 1. The van der Waals surface area contributed by atoms with Crippen molar-refractivity contribution in [2.75, 3.05) is 18.1 Å². The van der Waals surface area contributed by atoms with Gasteiger partial charge in [0.25, 0.3) is 0 Å². The molecule has 2 aliphatic heterocycles. The molecule has 102 valence electrons. The summed E-state index contributed by atoms with van der Waals surface area (Å²) in [7, 11) is -3.01. The Morgan fingerprint density at radius 1 is 1.32 bits per heavy atom. The Kier molecular flexibility index (Phi) is 3.09. The topological polar surface area (TPSA) is 60.4 Å². The van der Waals surface area contributed by atoms with Crippen molar-refractivity contribution >= 4 is 15.6 Å².